The highest BCUT2D eigenvalue weighted by atomic mass is 35.5. The molecule has 0 spiro atoms. The molecule has 1 aliphatic rings. The molecule has 0 atom stereocenters. The minimum Gasteiger partial charge on any atom is -0.352 e. The molecule has 4 aromatic rings. The average Bonchev–Trinajstić information content (AvgIpc) is 3.24. The zero-order valence-corrected chi connectivity index (χ0v) is 18.0. The fraction of sp³-hybridized carbons (Fsp3) is 0.174. The highest BCUT2D eigenvalue weighted by Crippen LogP contribution is 2.37. The van der Waals surface area contributed by atoms with Crippen LogP contribution in [-0.2, 0) is 0 Å². The third-order valence-electron chi connectivity index (χ3n) is 5.39. The van der Waals surface area contributed by atoms with Gasteiger partial charge in [-0.05, 0) is 35.9 Å². The van der Waals surface area contributed by atoms with Crippen molar-refractivity contribution in [1.29, 1.82) is 0 Å². The third-order valence-corrected chi connectivity index (χ3v) is 6.81. The number of carbonyl (C=O) groups excluding carboxylic acids is 1. The quantitative estimate of drug-likeness (QED) is 0.433. The average molecular weight is 453 g/mol. The summed E-state index contributed by atoms with van der Waals surface area (Å²) in [6.45, 7) is 2.27. The molecule has 0 unspecified atom stereocenters. The topological polar surface area (TPSA) is 49.3 Å². The maximum atomic E-state index is 14.0. The molecule has 8 heteroatoms. The van der Waals surface area contributed by atoms with Gasteiger partial charge in [0.25, 0.3) is 5.91 Å². The van der Waals surface area contributed by atoms with Crippen LogP contribution in [0.2, 0.25) is 5.02 Å². The number of rotatable bonds is 3. The van der Waals surface area contributed by atoms with Gasteiger partial charge < -0.3 is 9.80 Å². The molecule has 2 aromatic carbocycles. The van der Waals surface area contributed by atoms with Gasteiger partial charge in [-0.1, -0.05) is 35.9 Å². The predicted molar refractivity (Wildman–Crippen MR) is 122 cm³/mol. The molecule has 0 N–H and O–H groups in total. The van der Waals surface area contributed by atoms with E-state index < -0.39 is 5.82 Å². The van der Waals surface area contributed by atoms with Gasteiger partial charge in [0.1, 0.15) is 18.0 Å². The van der Waals surface area contributed by atoms with E-state index in [1.165, 1.54) is 12.1 Å². The Morgan fingerprint density at radius 2 is 1.74 bits per heavy atom. The van der Waals surface area contributed by atoms with E-state index in [-0.39, 0.29) is 11.5 Å². The summed E-state index contributed by atoms with van der Waals surface area (Å²) < 4.78 is 15.0. The molecule has 1 amide bonds. The van der Waals surface area contributed by atoms with Gasteiger partial charge in [0, 0.05) is 36.1 Å². The molecule has 0 bridgehead atoms. The summed E-state index contributed by atoms with van der Waals surface area (Å²) in [5, 5.41) is 0.702. The van der Waals surface area contributed by atoms with E-state index >= 15 is 0 Å². The summed E-state index contributed by atoms with van der Waals surface area (Å²) in [6, 6.07) is 15.9. The number of benzene rings is 2. The molecule has 1 saturated heterocycles. The number of thiophene rings is 1. The van der Waals surface area contributed by atoms with Gasteiger partial charge in [-0.15, -0.1) is 11.3 Å². The zero-order valence-electron chi connectivity index (χ0n) is 16.5. The Bertz CT molecular complexity index is 1250. The third kappa shape index (κ3) is 3.86. The maximum Gasteiger partial charge on any atom is 0.256 e. The summed E-state index contributed by atoms with van der Waals surface area (Å²) in [6.07, 6.45) is 1.58. The van der Waals surface area contributed by atoms with Crippen LogP contribution in [0.1, 0.15) is 10.4 Å². The lowest BCUT2D eigenvalue weighted by Gasteiger charge is -2.35. The second kappa shape index (κ2) is 8.24. The van der Waals surface area contributed by atoms with Gasteiger partial charge in [0.15, 0.2) is 0 Å². The standard InChI is InChI=1S/C23H18ClFN4OS/c24-16-7-5-15(6-8-16)20-13-19-21(31-20)22(27-14-26-19)28-9-11-29(12-10-28)23(30)17-3-1-2-4-18(17)25/h1-8,13-14H,9-12H2. The first-order valence-corrected chi connectivity index (χ1v) is 11.1. The Kier molecular flexibility index (Phi) is 5.29. The number of piperazine rings is 1. The summed E-state index contributed by atoms with van der Waals surface area (Å²) in [5.41, 5.74) is 2.09. The molecule has 5 nitrogen and oxygen atoms in total. The Balaban J connectivity index is 1.37. The molecule has 2 aromatic heterocycles. The number of carbonyl (C=O) groups is 1. The fourth-order valence-corrected chi connectivity index (χ4v) is 5.01. The van der Waals surface area contributed by atoms with Crippen molar-refractivity contribution < 1.29 is 9.18 Å². The van der Waals surface area contributed by atoms with Crippen LogP contribution >= 0.6 is 22.9 Å². The van der Waals surface area contributed by atoms with Gasteiger partial charge in [-0.2, -0.15) is 0 Å². The SMILES string of the molecule is O=C(c1ccccc1F)N1CCN(c2ncnc3cc(-c4ccc(Cl)cc4)sc23)CC1. The van der Waals surface area contributed by atoms with Crippen molar-refractivity contribution in [2.75, 3.05) is 31.1 Å². The number of fused-ring (bicyclic) bond motifs is 1. The van der Waals surface area contributed by atoms with Crippen LogP contribution in [0.5, 0.6) is 0 Å². The van der Waals surface area contributed by atoms with Crippen molar-refractivity contribution in [2.24, 2.45) is 0 Å². The van der Waals surface area contributed by atoms with E-state index in [2.05, 4.69) is 20.9 Å². The summed E-state index contributed by atoms with van der Waals surface area (Å²) in [4.78, 5) is 26.6. The predicted octanol–water partition coefficient (Wildman–Crippen LogP) is 5.11. The molecule has 156 valence electrons. The molecule has 5 rings (SSSR count). The first-order chi connectivity index (χ1) is 15.1. The van der Waals surface area contributed by atoms with Crippen molar-refractivity contribution in [2.45, 2.75) is 0 Å². The van der Waals surface area contributed by atoms with Crippen LogP contribution in [0, 0.1) is 5.82 Å². The molecule has 0 saturated carbocycles. The van der Waals surface area contributed by atoms with Crippen LogP contribution in [0.15, 0.2) is 60.9 Å². The smallest absolute Gasteiger partial charge is 0.256 e. The molecular formula is C23H18ClFN4OS. The van der Waals surface area contributed by atoms with E-state index in [0.717, 1.165) is 26.5 Å². The number of hydrogen-bond donors (Lipinski definition) is 0. The summed E-state index contributed by atoms with van der Waals surface area (Å²) in [7, 11) is 0. The van der Waals surface area contributed by atoms with Crippen LogP contribution in [-0.4, -0.2) is 47.0 Å². The van der Waals surface area contributed by atoms with E-state index in [1.54, 1.807) is 34.7 Å². The molecular weight excluding hydrogens is 435 g/mol. The van der Waals surface area contributed by atoms with Crippen molar-refractivity contribution in [3.63, 3.8) is 0 Å². The van der Waals surface area contributed by atoms with Crippen LogP contribution in [0.4, 0.5) is 10.2 Å². The number of nitrogens with zero attached hydrogens (tertiary/aromatic N) is 4. The van der Waals surface area contributed by atoms with Gasteiger partial charge in [0.05, 0.1) is 15.8 Å². The van der Waals surface area contributed by atoms with Crippen molar-refractivity contribution in [1.82, 2.24) is 14.9 Å². The summed E-state index contributed by atoms with van der Waals surface area (Å²) in [5.74, 6) is 0.112. The summed E-state index contributed by atoms with van der Waals surface area (Å²) >= 11 is 7.65. The molecule has 1 fully saturated rings. The van der Waals surface area contributed by atoms with Crippen molar-refractivity contribution in [3.05, 3.63) is 77.3 Å². The Labute approximate surface area is 187 Å². The van der Waals surface area contributed by atoms with E-state index in [9.17, 15) is 9.18 Å². The second-order valence-corrected chi connectivity index (χ2v) is 8.78. The second-order valence-electron chi connectivity index (χ2n) is 7.29. The molecule has 31 heavy (non-hydrogen) atoms. The molecule has 1 aliphatic heterocycles. The molecule has 0 aliphatic carbocycles. The van der Waals surface area contributed by atoms with Crippen LogP contribution < -0.4 is 4.90 Å². The van der Waals surface area contributed by atoms with E-state index in [4.69, 9.17) is 11.6 Å². The van der Waals surface area contributed by atoms with Gasteiger partial charge in [0.2, 0.25) is 0 Å². The lowest BCUT2D eigenvalue weighted by molar-refractivity contribution is 0.0742. The number of amides is 1. The van der Waals surface area contributed by atoms with Gasteiger partial charge >= 0.3 is 0 Å². The monoisotopic (exact) mass is 452 g/mol. The van der Waals surface area contributed by atoms with Gasteiger partial charge in [-0.3, -0.25) is 4.79 Å². The van der Waals surface area contributed by atoms with Crippen LogP contribution in [0.3, 0.4) is 0 Å². The Morgan fingerprint density at radius 3 is 2.48 bits per heavy atom. The highest BCUT2D eigenvalue weighted by molar-refractivity contribution is 7.22. The number of hydrogen-bond acceptors (Lipinski definition) is 5. The lowest BCUT2D eigenvalue weighted by atomic mass is 10.1. The number of anilines is 1. The van der Waals surface area contributed by atoms with Crippen molar-refractivity contribution >= 4 is 44.9 Å². The molecule has 0 radical (unpaired) electrons. The molecule has 3 heterocycles. The van der Waals surface area contributed by atoms with E-state index in [1.807, 2.05) is 24.3 Å². The van der Waals surface area contributed by atoms with Crippen LogP contribution in [0.25, 0.3) is 20.7 Å². The zero-order chi connectivity index (χ0) is 21.4. The Morgan fingerprint density at radius 1 is 1.00 bits per heavy atom. The first kappa shape index (κ1) is 19.9. The first-order valence-electron chi connectivity index (χ1n) is 9.89. The van der Waals surface area contributed by atoms with Gasteiger partial charge in [-0.25, -0.2) is 14.4 Å². The number of aromatic nitrogens is 2. The minimum absolute atomic E-state index is 0.117. The number of halogens is 2. The normalized spacial score (nSPS) is 14.3. The maximum absolute atomic E-state index is 14.0. The Hall–Kier alpha value is -3.03. The van der Waals surface area contributed by atoms with E-state index in [0.29, 0.717) is 31.2 Å². The highest BCUT2D eigenvalue weighted by Gasteiger charge is 2.26. The van der Waals surface area contributed by atoms with Crippen molar-refractivity contribution in [3.8, 4) is 10.4 Å². The lowest BCUT2D eigenvalue weighted by Crippen LogP contribution is -2.49. The minimum atomic E-state index is -0.485. The largest absolute Gasteiger partial charge is 0.352 e. The fourth-order valence-electron chi connectivity index (χ4n) is 3.75.